The molecule has 0 saturated carbocycles. The molecule has 1 heterocycles. The molecule has 2 aromatic carbocycles. The number of hydrogen-bond acceptors (Lipinski definition) is 6. The first-order chi connectivity index (χ1) is 10.7. The highest BCUT2D eigenvalue weighted by Gasteiger charge is 2.12. The van der Waals surface area contributed by atoms with Gasteiger partial charge >= 0.3 is 0 Å². The summed E-state index contributed by atoms with van der Waals surface area (Å²) in [5.74, 6) is 0.717. The number of ether oxygens (including phenoxy) is 1. The van der Waals surface area contributed by atoms with Gasteiger partial charge in [0.15, 0.2) is 0 Å². The Morgan fingerprint density at radius 1 is 1.09 bits per heavy atom. The largest absolute Gasteiger partial charge is 0.456 e. The summed E-state index contributed by atoms with van der Waals surface area (Å²) in [6, 6.07) is 10.9. The first-order valence-electron chi connectivity index (χ1n) is 6.24. The molecule has 0 unspecified atom stereocenters. The van der Waals surface area contributed by atoms with Crippen LogP contribution in [-0.2, 0) is 0 Å². The smallest absolute Gasteiger partial charge is 0.271 e. The summed E-state index contributed by atoms with van der Waals surface area (Å²) in [4.78, 5) is 18.5. The van der Waals surface area contributed by atoms with E-state index in [4.69, 9.17) is 10.00 Å². The van der Waals surface area contributed by atoms with E-state index in [0.717, 1.165) is 5.52 Å². The molecule has 0 N–H and O–H groups in total. The summed E-state index contributed by atoms with van der Waals surface area (Å²) in [6.07, 6.45) is 3.16. The Bertz CT molecular complexity index is 918. The van der Waals surface area contributed by atoms with Crippen LogP contribution in [0, 0.1) is 21.4 Å². The van der Waals surface area contributed by atoms with Gasteiger partial charge in [-0.2, -0.15) is 5.26 Å². The fourth-order valence-corrected chi connectivity index (χ4v) is 1.94. The molecule has 106 valence electrons. The summed E-state index contributed by atoms with van der Waals surface area (Å²) >= 11 is 0. The maximum atomic E-state index is 10.7. The minimum Gasteiger partial charge on any atom is -0.456 e. The average Bonchev–Trinajstić information content (AvgIpc) is 2.55. The minimum absolute atomic E-state index is 0.0912. The molecule has 0 saturated heterocycles. The average molecular weight is 292 g/mol. The van der Waals surface area contributed by atoms with Crippen molar-refractivity contribution in [2.24, 2.45) is 0 Å². The van der Waals surface area contributed by atoms with Crippen LogP contribution in [0.2, 0.25) is 0 Å². The number of nitro groups is 1. The molecule has 7 nitrogen and oxygen atoms in total. The number of nitro benzene ring substituents is 1. The first kappa shape index (κ1) is 13.5. The Kier molecular flexibility index (Phi) is 3.34. The fourth-order valence-electron chi connectivity index (χ4n) is 1.94. The molecular formula is C15H8N4O3. The summed E-state index contributed by atoms with van der Waals surface area (Å²) < 4.78 is 5.63. The van der Waals surface area contributed by atoms with Crippen LogP contribution in [0.1, 0.15) is 5.56 Å². The van der Waals surface area contributed by atoms with Crippen molar-refractivity contribution in [3.63, 3.8) is 0 Å². The lowest BCUT2D eigenvalue weighted by atomic mass is 10.2. The van der Waals surface area contributed by atoms with Crippen LogP contribution in [0.3, 0.4) is 0 Å². The third-order valence-electron chi connectivity index (χ3n) is 2.96. The second kappa shape index (κ2) is 5.46. The van der Waals surface area contributed by atoms with E-state index >= 15 is 0 Å². The van der Waals surface area contributed by atoms with Crippen LogP contribution in [-0.4, -0.2) is 14.9 Å². The lowest BCUT2D eigenvalue weighted by Gasteiger charge is -2.07. The normalized spacial score (nSPS) is 10.1. The zero-order valence-corrected chi connectivity index (χ0v) is 11.1. The van der Waals surface area contributed by atoms with Crippen LogP contribution in [0.5, 0.6) is 11.5 Å². The number of fused-ring (bicyclic) bond motifs is 1. The Morgan fingerprint density at radius 2 is 1.86 bits per heavy atom. The van der Waals surface area contributed by atoms with Gasteiger partial charge < -0.3 is 4.74 Å². The number of nitrogens with zero attached hydrogens (tertiary/aromatic N) is 4. The van der Waals surface area contributed by atoms with E-state index < -0.39 is 4.92 Å². The molecule has 0 atom stereocenters. The third-order valence-corrected chi connectivity index (χ3v) is 2.96. The van der Waals surface area contributed by atoms with Crippen molar-refractivity contribution in [1.82, 2.24) is 9.97 Å². The number of benzene rings is 2. The van der Waals surface area contributed by atoms with Gasteiger partial charge in [-0.3, -0.25) is 20.1 Å². The summed E-state index contributed by atoms with van der Waals surface area (Å²) in [6.45, 7) is 0. The Morgan fingerprint density at radius 3 is 2.59 bits per heavy atom. The number of rotatable bonds is 3. The summed E-state index contributed by atoms with van der Waals surface area (Å²) in [7, 11) is 0. The van der Waals surface area contributed by atoms with Crippen molar-refractivity contribution in [2.45, 2.75) is 0 Å². The van der Waals surface area contributed by atoms with E-state index in [1.807, 2.05) is 6.07 Å². The molecule has 0 bridgehead atoms. The van der Waals surface area contributed by atoms with E-state index in [0.29, 0.717) is 11.3 Å². The lowest BCUT2D eigenvalue weighted by Crippen LogP contribution is -1.93. The molecule has 0 radical (unpaired) electrons. The molecule has 0 aliphatic carbocycles. The van der Waals surface area contributed by atoms with Crippen LogP contribution in [0.15, 0.2) is 48.8 Å². The Hall–Kier alpha value is -3.53. The topological polar surface area (TPSA) is 102 Å². The maximum Gasteiger partial charge on any atom is 0.271 e. The maximum absolute atomic E-state index is 10.7. The number of hydrogen-bond donors (Lipinski definition) is 0. The number of non-ortho nitro benzene ring substituents is 1. The van der Waals surface area contributed by atoms with Crippen molar-refractivity contribution in [1.29, 1.82) is 5.26 Å². The molecule has 0 aliphatic rings. The highest BCUT2D eigenvalue weighted by molar-refractivity contribution is 5.75. The third kappa shape index (κ3) is 2.53. The monoisotopic (exact) mass is 292 g/mol. The predicted molar refractivity (Wildman–Crippen MR) is 77.4 cm³/mol. The summed E-state index contributed by atoms with van der Waals surface area (Å²) in [5.41, 5.74) is 1.31. The molecule has 0 spiro atoms. The molecule has 0 amide bonds. The zero-order chi connectivity index (χ0) is 15.5. The van der Waals surface area contributed by atoms with Gasteiger partial charge in [0.1, 0.15) is 23.1 Å². The quantitative estimate of drug-likeness (QED) is 0.542. The van der Waals surface area contributed by atoms with Crippen LogP contribution in [0.25, 0.3) is 11.0 Å². The molecular weight excluding hydrogens is 284 g/mol. The number of nitriles is 1. The molecule has 3 rings (SSSR count). The molecule has 1 aromatic heterocycles. The standard InChI is InChI=1S/C15H8N4O3/c16-9-10-7-11(19(20)21)1-4-15(10)22-12-2-3-13-14(8-12)18-6-5-17-13/h1-8H. The highest BCUT2D eigenvalue weighted by Crippen LogP contribution is 2.29. The van der Waals surface area contributed by atoms with Gasteiger partial charge in [-0.05, 0) is 18.2 Å². The van der Waals surface area contributed by atoms with E-state index in [1.165, 1.54) is 18.2 Å². The van der Waals surface area contributed by atoms with Crippen molar-refractivity contribution < 1.29 is 9.66 Å². The second-order valence-electron chi connectivity index (χ2n) is 4.36. The van der Waals surface area contributed by atoms with Gasteiger partial charge in [0, 0.05) is 30.6 Å². The van der Waals surface area contributed by atoms with Gasteiger partial charge in [-0.1, -0.05) is 0 Å². The summed E-state index contributed by atoms with van der Waals surface area (Å²) in [5, 5.41) is 19.8. The van der Waals surface area contributed by atoms with Crippen molar-refractivity contribution in [3.05, 3.63) is 64.5 Å². The number of aromatic nitrogens is 2. The second-order valence-corrected chi connectivity index (χ2v) is 4.36. The van der Waals surface area contributed by atoms with Crippen LogP contribution < -0.4 is 4.74 Å². The van der Waals surface area contributed by atoms with Gasteiger partial charge in [-0.25, -0.2) is 0 Å². The molecule has 0 aliphatic heterocycles. The molecule has 22 heavy (non-hydrogen) atoms. The van der Waals surface area contributed by atoms with Crippen LogP contribution >= 0.6 is 0 Å². The first-order valence-corrected chi connectivity index (χ1v) is 6.24. The van der Waals surface area contributed by atoms with E-state index in [9.17, 15) is 10.1 Å². The Labute approximate surface area is 124 Å². The minimum atomic E-state index is -0.559. The SMILES string of the molecule is N#Cc1cc([N+](=O)[O-])ccc1Oc1ccc2nccnc2c1. The van der Waals surface area contributed by atoms with E-state index in [-0.39, 0.29) is 17.0 Å². The molecule has 3 aromatic rings. The van der Waals surface area contributed by atoms with Crippen molar-refractivity contribution in [2.75, 3.05) is 0 Å². The zero-order valence-electron chi connectivity index (χ0n) is 11.1. The van der Waals surface area contributed by atoms with E-state index in [1.54, 1.807) is 30.6 Å². The van der Waals surface area contributed by atoms with Gasteiger partial charge in [-0.15, -0.1) is 0 Å². The Balaban J connectivity index is 1.97. The van der Waals surface area contributed by atoms with Crippen molar-refractivity contribution in [3.8, 4) is 17.6 Å². The van der Waals surface area contributed by atoms with Crippen molar-refractivity contribution >= 4 is 16.7 Å². The molecule has 7 heteroatoms. The predicted octanol–water partition coefficient (Wildman–Crippen LogP) is 3.20. The van der Waals surface area contributed by atoms with E-state index in [2.05, 4.69) is 9.97 Å². The van der Waals surface area contributed by atoms with Gasteiger partial charge in [0.05, 0.1) is 16.0 Å². The lowest BCUT2D eigenvalue weighted by molar-refractivity contribution is -0.384. The highest BCUT2D eigenvalue weighted by atomic mass is 16.6. The molecule has 0 fully saturated rings. The van der Waals surface area contributed by atoms with Gasteiger partial charge in [0.25, 0.3) is 5.69 Å². The van der Waals surface area contributed by atoms with Gasteiger partial charge in [0.2, 0.25) is 0 Å². The van der Waals surface area contributed by atoms with Crippen LogP contribution in [0.4, 0.5) is 5.69 Å². The fraction of sp³-hybridized carbons (Fsp3) is 0.